The fraction of sp³-hybridized carbons (Fsp3) is 0. The molecule has 258 valence electrons. The number of furan rings is 1. The summed E-state index contributed by atoms with van der Waals surface area (Å²) in [5.41, 5.74) is 13.2. The van der Waals surface area contributed by atoms with E-state index in [4.69, 9.17) is 4.42 Å². The molecule has 0 saturated heterocycles. The summed E-state index contributed by atoms with van der Waals surface area (Å²) in [5.74, 6) is 0. The predicted octanol–water partition coefficient (Wildman–Crippen LogP) is 14.6. The molecule has 11 rings (SSSR count). The zero-order valence-corrected chi connectivity index (χ0v) is 29.9. The summed E-state index contributed by atoms with van der Waals surface area (Å²) >= 11 is 0. The number of para-hydroxylation sites is 2. The average molecular weight is 703 g/mol. The third-order valence-corrected chi connectivity index (χ3v) is 10.9. The number of anilines is 3. The molecule has 11 aromatic rings. The lowest BCUT2D eigenvalue weighted by Gasteiger charge is -2.27. The van der Waals surface area contributed by atoms with Crippen LogP contribution in [-0.4, -0.2) is 4.57 Å². The Labute approximate surface area is 318 Å². The first-order chi connectivity index (χ1) is 27.3. The molecule has 0 aliphatic carbocycles. The standard InChI is InChI=1S/C52H34N2O/c1-4-14-35(15-5-1)43-27-24-40(32-45(43)36-16-6-2-7-17-36)53(42-26-29-51-48(34-42)47-30-37-18-10-11-19-38(37)31-52(47)55-51)41-25-28-50-46(33-41)44-22-12-13-23-49(44)54(50)39-20-8-3-9-21-39/h1-34H. The molecule has 0 spiro atoms. The summed E-state index contributed by atoms with van der Waals surface area (Å²) in [6.45, 7) is 0. The maximum absolute atomic E-state index is 6.48. The Morgan fingerprint density at radius 2 is 0.891 bits per heavy atom. The van der Waals surface area contributed by atoms with Crippen LogP contribution in [0.3, 0.4) is 0 Å². The minimum absolute atomic E-state index is 0.875. The Morgan fingerprint density at radius 1 is 0.345 bits per heavy atom. The fourth-order valence-electron chi connectivity index (χ4n) is 8.39. The van der Waals surface area contributed by atoms with Crippen molar-refractivity contribution < 1.29 is 4.42 Å². The van der Waals surface area contributed by atoms with Crippen LogP contribution in [0.5, 0.6) is 0 Å². The van der Waals surface area contributed by atoms with E-state index in [1.807, 2.05) is 0 Å². The first-order valence-electron chi connectivity index (χ1n) is 18.8. The molecular formula is C52H34N2O. The second-order valence-corrected chi connectivity index (χ2v) is 14.2. The Hall–Kier alpha value is -7.36. The molecule has 3 nitrogen and oxygen atoms in total. The molecular weight excluding hydrogens is 669 g/mol. The van der Waals surface area contributed by atoms with Crippen molar-refractivity contribution in [2.45, 2.75) is 0 Å². The van der Waals surface area contributed by atoms with Crippen molar-refractivity contribution in [3.05, 3.63) is 206 Å². The summed E-state index contributed by atoms with van der Waals surface area (Å²) < 4.78 is 8.85. The molecule has 3 heteroatoms. The van der Waals surface area contributed by atoms with Crippen molar-refractivity contribution >= 4 is 71.6 Å². The first-order valence-corrected chi connectivity index (χ1v) is 18.8. The highest BCUT2D eigenvalue weighted by molar-refractivity contribution is 6.13. The Balaban J connectivity index is 1.17. The van der Waals surface area contributed by atoms with Gasteiger partial charge in [0, 0.05) is 44.3 Å². The van der Waals surface area contributed by atoms with E-state index in [-0.39, 0.29) is 0 Å². The van der Waals surface area contributed by atoms with Crippen LogP contribution in [0.2, 0.25) is 0 Å². The number of benzene rings is 9. The van der Waals surface area contributed by atoms with Crippen LogP contribution < -0.4 is 4.90 Å². The Kier molecular flexibility index (Phi) is 7.17. The van der Waals surface area contributed by atoms with Gasteiger partial charge >= 0.3 is 0 Å². The SMILES string of the molecule is c1ccc(-c2ccc(N(c3ccc4oc5cc6ccccc6cc5c4c3)c3ccc4c(c3)c3ccccc3n4-c3ccccc3)cc2-c2ccccc2)cc1. The third kappa shape index (κ3) is 5.20. The molecule has 0 unspecified atom stereocenters. The summed E-state index contributed by atoms with van der Waals surface area (Å²) in [6.07, 6.45) is 0. The van der Waals surface area contributed by atoms with E-state index in [2.05, 4.69) is 216 Å². The summed E-state index contributed by atoms with van der Waals surface area (Å²) in [6, 6.07) is 74.1. The maximum atomic E-state index is 6.48. The van der Waals surface area contributed by atoms with Crippen molar-refractivity contribution in [1.82, 2.24) is 4.57 Å². The molecule has 0 bridgehead atoms. The second-order valence-electron chi connectivity index (χ2n) is 14.2. The van der Waals surface area contributed by atoms with Crippen LogP contribution in [0.4, 0.5) is 17.1 Å². The molecule has 0 aliphatic heterocycles. The van der Waals surface area contributed by atoms with Gasteiger partial charge in [0.15, 0.2) is 0 Å². The van der Waals surface area contributed by atoms with E-state index in [9.17, 15) is 0 Å². The fourth-order valence-corrected chi connectivity index (χ4v) is 8.39. The first kappa shape index (κ1) is 31.2. The van der Waals surface area contributed by atoms with Crippen LogP contribution in [0, 0.1) is 0 Å². The normalized spacial score (nSPS) is 11.6. The van der Waals surface area contributed by atoms with E-state index in [1.165, 1.54) is 54.8 Å². The van der Waals surface area contributed by atoms with Crippen molar-refractivity contribution in [3.63, 3.8) is 0 Å². The van der Waals surface area contributed by atoms with Gasteiger partial charge in [-0.05, 0) is 112 Å². The summed E-state index contributed by atoms with van der Waals surface area (Å²) in [5, 5.41) is 6.99. The molecule has 2 aromatic heterocycles. The Bertz CT molecular complexity index is 3200. The summed E-state index contributed by atoms with van der Waals surface area (Å²) in [4.78, 5) is 2.40. The van der Waals surface area contributed by atoms with Gasteiger partial charge in [0.25, 0.3) is 0 Å². The number of nitrogens with zero attached hydrogens (tertiary/aromatic N) is 2. The van der Waals surface area contributed by atoms with E-state index in [1.54, 1.807) is 0 Å². The zero-order valence-electron chi connectivity index (χ0n) is 29.9. The Morgan fingerprint density at radius 3 is 1.65 bits per heavy atom. The van der Waals surface area contributed by atoms with Gasteiger partial charge in [-0.2, -0.15) is 0 Å². The molecule has 0 N–H and O–H groups in total. The lowest BCUT2D eigenvalue weighted by Crippen LogP contribution is -2.10. The number of rotatable bonds is 6. The van der Waals surface area contributed by atoms with Gasteiger partial charge in [0.2, 0.25) is 0 Å². The number of hydrogen-bond donors (Lipinski definition) is 0. The van der Waals surface area contributed by atoms with E-state index < -0.39 is 0 Å². The van der Waals surface area contributed by atoms with Crippen LogP contribution in [0.1, 0.15) is 0 Å². The van der Waals surface area contributed by atoms with Crippen molar-refractivity contribution in [2.24, 2.45) is 0 Å². The molecule has 9 aromatic carbocycles. The molecule has 55 heavy (non-hydrogen) atoms. The topological polar surface area (TPSA) is 21.3 Å². The number of hydrogen-bond acceptors (Lipinski definition) is 2. The van der Waals surface area contributed by atoms with Crippen molar-refractivity contribution in [1.29, 1.82) is 0 Å². The summed E-state index contributed by atoms with van der Waals surface area (Å²) in [7, 11) is 0. The van der Waals surface area contributed by atoms with Crippen molar-refractivity contribution in [3.8, 4) is 27.9 Å². The number of aromatic nitrogens is 1. The van der Waals surface area contributed by atoms with Crippen LogP contribution in [0.15, 0.2) is 211 Å². The van der Waals surface area contributed by atoms with Gasteiger partial charge in [0.1, 0.15) is 11.2 Å². The minimum Gasteiger partial charge on any atom is -0.456 e. The molecule has 0 amide bonds. The van der Waals surface area contributed by atoms with Gasteiger partial charge in [-0.3, -0.25) is 0 Å². The molecule has 0 fully saturated rings. The van der Waals surface area contributed by atoms with E-state index in [0.29, 0.717) is 0 Å². The minimum atomic E-state index is 0.875. The maximum Gasteiger partial charge on any atom is 0.136 e. The third-order valence-electron chi connectivity index (χ3n) is 10.9. The van der Waals surface area contributed by atoms with Crippen LogP contribution in [0.25, 0.3) is 82.5 Å². The zero-order chi connectivity index (χ0) is 36.3. The van der Waals surface area contributed by atoms with Crippen molar-refractivity contribution in [2.75, 3.05) is 4.90 Å². The highest BCUT2D eigenvalue weighted by Crippen LogP contribution is 2.44. The van der Waals surface area contributed by atoms with Gasteiger partial charge < -0.3 is 13.9 Å². The molecule has 0 atom stereocenters. The van der Waals surface area contributed by atoms with Gasteiger partial charge in [-0.15, -0.1) is 0 Å². The van der Waals surface area contributed by atoms with Crippen LogP contribution >= 0.6 is 0 Å². The molecule has 0 saturated carbocycles. The average Bonchev–Trinajstić information content (AvgIpc) is 3.78. The van der Waals surface area contributed by atoms with Gasteiger partial charge in [-0.25, -0.2) is 0 Å². The highest BCUT2D eigenvalue weighted by Gasteiger charge is 2.21. The smallest absolute Gasteiger partial charge is 0.136 e. The molecule has 2 heterocycles. The van der Waals surface area contributed by atoms with Crippen LogP contribution in [-0.2, 0) is 0 Å². The monoisotopic (exact) mass is 702 g/mol. The quantitative estimate of drug-likeness (QED) is 0.172. The second kappa shape index (κ2) is 12.6. The number of fused-ring (bicyclic) bond motifs is 7. The largest absolute Gasteiger partial charge is 0.456 e. The van der Waals surface area contributed by atoms with E-state index >= 15 is 0 Å². The van der Waals surface area contributed by atoms with Gasteiger partial charge in [-0.1, -0.05) is 127 Å². The molecule has 0 radical (unpaired) electrons. The molecule has 0 aliphatic rings. The lowest BCUT2D eigenvalue weighted by atomic mass is 9.93. The predicted molar refractivity (Wildman–Crippen MR) is 231 cm³/mol. The van der Waals surface area contributed by atoms with E-state index in [0.717, 1.165) is 44.7 Å². The highest BCUT2D eigenvalue weighted by atomic mass is 16.3. The van der Waals surface area contributed by atoms with Gasteiger partial charge in [0.05, 0.1) is 11.0 Å². The lowest BCUT2D eigenvalue weighted by molar-refractivity contribution is 0.669.